The van der Waals surface area contributed by atoms with E-state index in [9.17, 15) is 9.59 Å². The number of nitrogens with one attached hydrogen (secondary N) is 2. The predicted molar refractivity (Wildman–Crippen MR) is 85.6 cm³/mol. The van der Waals surface area contributed by atoms with E-state index >= 15 is 0 Å². The first kappa shape index (κ1) is 15.2. The quantitative estimate of drug-likeness (QED) is 0.812. The van der Waals surface area contributed by atoms with Crippen molar-refractivity contribution >= 4 is 34.5 Å². The predicted octanol–water partition coefficient (Wildman–Crippen LogP) is 2.68. The summed E-state index contributed by atoms with van der Waals surface area (Å²) in [6, 6.07) is 10.5. The van der Waals surface area contributed by atoms with E-state index in [1.807, 2.05) is 11.4 Å². The SMILES string of the molecule is CC(C)(N)C(=O)Nc1cccc(NC(=O)c2cccs2)c1. The van der Waals surface area contributed by atoms with Gasteiger partial charge in [-0.2, -0.15) is 0 Å². The molecule has 110 valence electrons. The summed E-state index contributed by atoms with van der Waals surface area (Å²) in [5.41, 5.74) is 5.97. The first-order valence-corrected chi connectivity index (χ1v) is 7.29. The summed E-state index contributed by atoms with van der Waals surface area (Å²) in [6.45, 7) is 3.26. The van der Waals surface area contributed by atoms with Gasteiger partial charge in [0.15, 0.2) is 0 Å². The molecule has 0 aliphatic heterocycles. The van der Waals surface area contributed by atoms with Crippen molar-refractivity contribution in [3.05, 3.63) is 46.7 Å². The highest BCUT2D eigenvalue weighted by atomic mass is 32.1. The molecule has 0 fully saturated rings. The van der Waals surface area contributed by atoms with Crippen LogP contribution in [0.25, 0.3) is 0 Å². The van der Waals surface area contributed by atoms with Gasteiger partial charge in [0, 0.05) is 11.4 Å². The van der Waals surface area contributed by atoms with E-state index in [0.717, 1.165) is 0 Å². The summed E-state index contributed by atoms with van der Waals surface area (Å²) in [5, 5.41) is 7.35. The fourth-order valence-corrected chi connectivity index (χ4v) is 2.19. The maximum atomic E-state index is 12.0. The van der Waals surface area contributed by atoms with Gasteiger partial charge in [0.2, 0.25) is 5.91 Å². The number of nitrogens with two attached hydrogens (primary N) is 1. The number of thiophene rings is 1. The van der Waals surface area contributed by atoms with Crippen LogP contribution in [0.5, 0.6) is 0 Å². The van der Waals surface area contributed by atoms with Gasteiger partial charge in [-0.25, -0.2) is 0 Å². The van der Waals surface area contributed by atoms with E-state index in [4.69, 9.17) is 5.73 Å². The monoisotopic (exact) mass is 303 g/mol. The third kappa shape index (κ3) is 4.14. The molecule has 1 heterocycles. The molecule has 0 saturated carbocycles. The Morgan fingerprint density at radius 1 is 1.10 bits per heavy atom. The van der Waals surface area contributed by atoms with Crippen molar-refractivity contribution in [3.8, 4) is 0 Å². The summed E-state index contributed by atoms with van der Waals surface area (Å²) in [4.78, 5) is 24.4. The van der Waals surface area contributed by atoms with Gasteiger partial charge in [-0.05, 0) is 43.5 Å². The van der Waals surface area contributed by atoms with Crippen LogP contribution in [0.15, 0.2) is 41.8 Å². The highest BCUT2D eigenvalue weighted by molar-refractivity contribution is 7.12. The average molecular weight is 303 g/mol. The molecule has 0 bridgehead atoms. The van der Waals surface area contributed by atoms with E-state index in [0.29, 0.717) is 16.3 Å². The maximum Gasteiger partial charge on any atom is 0.265 e. The molecule has 6 heteroatoms. The van der Waals surface area contributed by atoms with Crippen LogP contribution in [-0.4, -0.2) is 17.4 Å². The van der Waals surface area contributed by atoms with E-state index in [1.54, 1.807) is 44.2 Å². The molecular formula is C15H17N3O2S. The van der Waals surface area contributed by atoms with E-state index < -0.39 is 5.54 Å². The molecule has 0 unspecified atom stereocenters. The molecule has 2 amide bonds. The summed E-state index contributed by atoms with van der Waals surface area (Å²) in [6.07, 6.45) is 0. The van der Waals surface area contributed by atoms with E-state index in [1.165, 1.54) is 11.3 Å². The van der Waals surface area contributed by atoms with Crippen LogP contribution in [0, 0.1) is 0 Å². The molecule has 21 heavy (non-hydrogen) atoms. The van der Waals surface area contributed by atoms with Gasteiger partial charge >= 0.3 is 0 Å². The van der Waals surface area contributed by atoms with Crippen LogP contribution in [0.1, 0.15) is 23.5 Å². The summed E-state index contributed by atoms with van der Waals surface area (Å²) in [7, 11) is 0. The fraction of sp³-hybridized carbons (Fsp3) is 0.200. The lowest BCUT2D eigenvalue weighted by Crippen LogP contribution is -2.45. The first-order valence-electron chi connectivity index (χ1n) is 6.41. The smallest absolute Gasteiger partial charge is 0.265 e. The van der Waals surface area contributed by atoms with Crippen LogP contribution in [-0.2, 0) is 4.79 Å². The Kier molecular flexibility index (Phi) is 4.40. The zero-order valence-corrected chi connectivity index (χ0v) is 12.7. The molecule has 0 aliphatic rings. The van der Waals surface area contributed by atoms with Gasteiger partial charge in [-0.15, -0.1) is 11.3 Å². The van der Waals surface area contributed by atoms with Gasteiger partial charge in [-0.3, -0.25) is 9.59 Å². The van der Waals surface area contributed by atoms with Gasteiger partial charge < -0.3 is 16.4 Å². The zero-order valence-electron chi connectivity index (χ0n) is 11.8. The Labute approximate surface area is 127 Å². The highest BCUT2D eigenvalue weighted by Gasteiger charge is 2.21. The molecular weight excluding hydrogens is 286 g/mol. The molecule has 1 aromatic carbocycles. The van der Waals surface area contributed by atoms with Gasteiger partial charge in [0.25, 0.3) is 5.91 Å². The molecule has 1 aromatic heterocycles. The molecule has 0 spiro atoms. The Morgan fingerprint density at radius 3 is 2.33 bits per heavy atom. The summed E-state index contributed by atoms with van der Waals surface area (Å²) < 4.78 is 0. The van der Waals surface area contributed by atoms with Gasteiger partial charge in [0.05, 0.1) is 10.4 Å². The molecule has 4 N–H and O–H groups in total. The lowest BCUT2D eigenvalue weighted by molar-refractivity contribution is -0.120. The molecule has 0 saturated heterocycles. The lowest BCUT2D eigenvalue weighted by atomic mass is 10.1. The molecule has 5 nitrogen and oxygen atoms in total. The Balaban J connectivity index is 2.08. The molecule has 0 radical (unpaired) electrons. The number of hydrogen-bond acceptors (Lipinski definition) is 4. The highest BCUT2D eigenvalue weighted by Crippen LogP contribution is 2.18. The Morgan fingerprint density at radius 2 is 1.76 bits per heavy atom. The van der Waals surface area contributed by atoms with Crippen LogP contribution < -0.4 is 16.4 Å². The normalized spacial score (nSPS) is 11.0. The number of carbonyl (C=O) groups is 2. The number of hydrogen-bond donors (Lipinski definition) is 3. The Bertz CT molecular complexity index is 645. The zero-order chi connectivity index (χ0) is 15.5. The van der Waals surface area contributed by atoms with E-state index in [2.05, 4.69) is 10.6 Å². The van der Waals surface area contributed by atoms with Crippen molar-refractivity contribution in [3.63, 3.8) is 0 Å². The van der Waals surface area contributed by atoms with Gasteiger partial charge in [0.1, 0.15) is 0 Å². The third-order valence-corrected chi connectivity index (χ3v) is 3.58. The third-order valence-electron chi connectivity index (χ3n) is 2.71. The molecule has 0 aliphatic carbocycles. The fourth-order valence-electron chi connectivity index (χ4n) is 1.57. The van der Waals surface area contributed by atoms with Crippen molar-refractivity contribution < 1.29 is 9.59 Å². The van der Waals surface area contributed by atoms with Crippen molar-refractivity contribution in [2.45, 2.75) is 19.4 Å². The first-order chi connectivity index (χ1) is 9.86. The van der Waals surface area contributed by atoms with Crippen LogP contribution in [0.2, 0.25) is 0 Å². The second-order valence-corrected chi connectivity index (χ2v) is 6.14. The topological polar surface area (TPSA) is 84.2 Å². The van der Waals surface area contributed by atoms with Crippen LogP contribution in [0.4, 0.5) is 11.4 Å². The van der Waals surface area contributed by atoms with Crippen molar-refractivity contribution in [1.29, 1.82) is 0 Å². The van der Waals surface area contributed by atoms with Crippen molar-refractivity contribution in [2.24, 2.45) is 5.73 Å². The number of amides is 2. The Hall–Kier alpha value is -2.18. The molecule has 0 atom stereocenters. The van der Waals surface area contributed by atoms with Gasteiger partial charge in [-0.1, -0.05) is 12.1 Å². The number of benzene rings is 1. The molecule has 2 rings (SSSR count). The van der Waals surface area contributed by atoms with Crippen LogP contribution in [0.3, 0.4) is 0 Å². The van der Waals surface area contributed by atoms with Crippen LogP contribution >= 0.6 is 11.3 Å². The second-order valence-electron chi connectivity index (χ2n) is 5.19. The average Bonchev–Trinajstić information content (AvgIpc) is 2.91. The molecule has 2 aromatic rings. The number of anilines is 2. The maximum absolute atomic E-state index is 12.0. The second kappa shape index (κ2) is 6.07. The summed E-state index contributed by atoms with van der Waals surface area (Å²) >= 11 is 1.37. The van der Waals surface area contributed by atoms with E-state index in [-0.39, 0.29) is 11.8 Å². The standard InChI is InChI=1S/C15H17N3O2S/c1-15(2,16)14(20)18-11-6-3-5-10(9-11)17-13(19)12-7-4-8-21-12/h3-9H,16H2,1-2H3,(H,17,19)(H,18,20). The van der Waals surface area contributed by atoms with Crippen molar-refractivity contribution in [2.75, 3.05) is 10.6 Å². The minimum atomic E-state index is -0.962. The number of carbonyl (C=O) groups excluding carboxylic acids is 2. The number of rotatable bonds is 4. The minimum absolute atomic E-state index is 0.173. The largest absolute Gasteiger partial charge is 0.324 e. The lowest BCUT2D eigenvalue weighted by Gasteiger charge is -2.18. The summed E-state index contributed by atoms with van der Waals surface area (Å²) in [5.74, 6) is -0.461. The van der Waals surface area contributed by atoms with Crippen molar-refractivity contribution in [1.82, 2.24) is 0 Å². The minimum Gasteiger partial charge on any atom is -0.324 e.